The molecule has 0 bridgehead atoms. The molecule has 3 nitrogen and oxygen atoms in total. The lowest BCUT2D eigenvalue weighted by Gasteiger charge is -2.17. The predicted molar refractivity (Wildman–Crippen MR) is 75.3 cm³/mol. The van der Waals surface area contributed by atoms with Crippen molar-refractivity contribution in [2.45, 2.75) is 39.1 Å². The number of benzene rings is 1. The van der Waals surface area contributed by atoms with E-state index in [1.807, 2.05) is 13.8 Å². The SMILES string of the molecule is CCOC(=O)C(C)Oc1c(C)cc(CBr)cc1C. The minimum Gasteiger partial charge on any atom is -0.478 e. The van der Waals surface area contributed by atoms with E-state index in [0.29, 0.717) is 6.61 Å². The van der Waals surface area contributed by atoms with Crippen molar-refractivity contribution >= 4 is 21.9 Å². The second-order valence-electron chi connectivity index (χ2n) is 4.20. The molecule has 0 aliphatic carbocycles. The van der Waals surface area contributed by atoms with Crippen LogP contribution in [0.5, 0.6) is 5.75 Å². The molecule has 1 aromatic carbocycles. The van der Waals surface area contributed by atoms with Crippen LogP contribution in [-0.4, -0.2) is 18.7 Å². The average molecular weight is 315 g/mol. The monoisotopic (exact) mass is 314 g/mol. The van der Waals surface area contributed by atoms with Crippen molar-refractivity contribution < 1.29 is 14.3 Å². The van der Waals surface area contributed by atoms with Crippen LogP contribution in [0.1, 0.15) is 30.5 Å². The molecule has 0 spiro atoms. The third-order valence-corrected chi connectivity index (χ3v) is 3.24. The number of hydrogen-bond donors (Lipinski definition) is 0. The molecule has 1 rings (SSSR count). The second-order valence-corrected chi connectivity index (χ2v) is 4.77. The standard InChI is InChI=1S/C14H19BrO3/c1-5-17-14(16)11(4)18-13-9(2)6-12(8-15)7-10(13)3/h6-7,11H,5,8H2,1-4H3. The topological polar surface area (TPSA) is 35.5 Å². The Bertz CT molecular complexity index is 406. The van der Waals surface area contributed by atoms with Gasteiger partial charge in [0.2, 0.25) is 0 Å². The van der Waals surface area contributed by atoms with Gasteiger partial charge < -0.3 is 9.47 Å². The van der Waals surface area contributed by atoms with Crippen LogP contribution in [0.3, 0.4) is 0 Å². The summed E-state index contributed by atoms with van der Waals surface area (Å²) in [6, 6.07) is 4.10. The molecule has 0 fully saturated rings. The van der Waals surface area contributed by atoms with Crippen molar-refractivity contribution in [3.63, 3.8) is 0 Å². The van der Waals surface area contributed by atoms with Gasteiger partial charge in [-0.2, -0.15) is 0 Å². The van der Waals surface area contributed by atoms with Crippen molar-refractivity contribution in [3.8, 4) is 5.75 Å². The fourth-order valence-electron chi connectivity index (χ4n) is 1.79. The van der Waals surface area contributed by atoms with Crippen molar-refractivity contribution in [2.24, 2.45) is 0 Å². The Morgan fingerprint density at radius 1 is 1.33 bits per heavy atom. The summed E-state index contributed by atoms with van der Waals surface area (Å²) >= 11 is 3.43. The number of alkyl halides is 1. The first-order valence-corrected chi connectivity index (χ1v) is 7.11. The van der Waals surface area contributed by atoms with Crippen LogP contribution in [0.25, 0.3) is 0 Å². The van der Waals surface area contributed by atoms with E-state index in [1.165, 1.54) is 5.56 Å². The van der Waals surface area contributed by atoms with Gasteiger partial charge in [-0.1, -0.05) is 28.1 Å². The second kappa shape index (κ2) is 6.78. The maximum atomic E-state index is 11.5. The quantitative estimate of drug-likeness (QED) is 0.616. The molecule has 100 valence electrons. The van der Waals surface area contributed by atoms with Gasteiger partial charge in [0.05, 0.1) is 6.61 Å². The number of hydrogen-bond acceptors (Lipinski definition) is 3. The molecular formula is C14H19BrO3. The van der Waals surface area contributed by atoms with E-state index in [1.54, 1.807) is 13.8 Å². The van der Waals surface area contributed by atoms with Gasteiger partial charge in [0.25, 0.3) is 0 Å². The average Bonchev–Trinajstić information content (AvgIpc) is 2.33. The van der Waals surface area contributed by atoms with Crippen molar-refractivity contribution in [1.82, 2.24) is 0 Å². The highest BCUT2D eigenvalue weighted by molar-refractivity contribution is 9.08. The maximum absolute atomic E-state index is 11.5. The fraction of sp³-hybridized carbons (Fsp3) is 0.500. The molecule has 0 N–H and O–H groups in total. The summed E-state index contributed by atoms with van der Waals surface area (Å²) in [5.41, 5.74) is 3.25. The van der Waals surface area contributed by atoms with Crippen LogP contribution < -0.4 is 4.74 Å². The molecule has 0 saturated heterocycles. The van der Waals surface area contributed by atoms with Gasteiger partial charge in [-0.15, -0.1) is 0 Å². The number of carbonyl (C=O) groups excluding carboxylic acids is 1. The molecule has 0 heterocycles. The summed E-state index contributed by atoms with van der Waals surface area (Å²) in [5, 5.41) is 0.808. The summed E-state index contributed by atoms with van der Waals surface area (Å²) in [4.78, 5) is 11.5. The van der Waals surface area contributed by atoms with Gasteiger partial charge in [0.1, 0.15) is 5.75 Å². The largest absolute Gasteiger partial charge is 0.478 e. The van der Waals surface area contributed by atoms with Crippen LogP contribution in [0.2, 0.25) is 0 Å². The first-order chi connectivity index (χ1) is 8.49. The molecule has 1 unspecified atom stereocenters. The van der Waals surface area contributed by atoms with Gasteiger partial charge in [0, 0.05) is 5.33 Å². The van der Waals surface area contributed by atoms with Gasteiger partial charge in [-0.25, -0.2) is 4.79 Å². The Morgan fingerprint density at radius 3 is 2.33 bits per heavy atom. The zero-order chi connectivity index (χ0) is 13.7. The highest BCUT2D eigenvalue weighted by Crippen LogP contribution is 2.26. The minimum absolute atomic E-state index is 0.333. The van der Waals surface area contributed by atoms with Crippen LogP contribution in [0.15, 0.2) is 12.1 Å². The maximum Gasteiger partial charge on any atom is 0.347 e. The molecule has 0 radical (unpaired) electrons. The number of aryl methyl sites for hydroxylation is 2. The number of rotatable bonds is 5. The first-order valence-electron chi connectivity index (χ1n) is 5.99. The first kappa shape index (κ1) is 15.0. The fourth-order valence-corrected chi connectivity index (χ4v) is 2.11. The molecular weight excluding hydrogens is 296 g/mol. The van der Waals surface area contributed by atoms with E-state index in [0.717, 1.165) is 22.2 Å². The Kier molecular flexibility index (Phi) is 5.66. The Hall–Kier alpha value is -1.03. The van der Waals surface area contributed by atoms with Crippen LogP contribution in [0.4, 0.5) is 0 Å². The van der Waals surface area contributed by atoms with Gasteiger partial charge in [-0.3, -0.25) is 0 Å². The van der Waals surface area contributed by atoms with Crippen molar-refractivity contribution in [3.05, 3.63) is 28.8 Å². The highest BCUT2D eigenvalue weighted by Gasteiger charge is 2.18. The lowest BCUT2D eigenvalue weighted by molar-refractivity contribution is -0.150. The van der Waals surface area contributed by atoms with E-state index >= 15 is 0 Å². The molecule has 18 heavy (non-hydrogen) atoms. The molecule has 4 heteroatoms. The Labute approximate surface area is 117 Å². The van der Waals surface area contributed by atoms with Gasteiger partial charge in [-0.05, 0) is 44.4 Å². The molecule has 0 saturated carbocycles. The normalized spacial score (nSPS) is 12.1. The van der Waals surface area contributed by atoms with Crippen molar-refractivity contribution in [1.29, 1.82) is 0 Å². The molecule has 0 amide bonds. The zero-order valence-corrected chi connectivity index (χ0v) is 12.8. The summed E-state index contributed by atoms with van der Waals surface area (Å²) < 4.78 is 10.6. The summed E-state index contributed by atoms with van der Waals surface area (Å²) in [5.74, 6) is 0.432. The molecule has 1 aromatic rings. The summed E-state index contributed by atoms with van der Waals surface area (Å²) in [6.07, 6.45) is -0.586. The van der Waals surface area contributed by atoms with E-state index in [2.05, 4.69) is 28.1 Å². The predicted octanol–water partition coefficient (Wildman–Crippen LogP) is 3.53. The van der Waals surface area contributed by atoms with Crippen molar-refractivity contribution in [2.75, 3.05) is 6.61 Å². The summed E-state index contributed by atoms with van der Waals surface area (Å²) in [7, 11) is 0. The van der Waals surface area contributed by atoms with E-state index in [-0.39, 0.29) is 5.97 Å². The lowest BCUT2D eigenvalue weighted by Crippen LogP contribution is -2.26. The van der Waals surface area contributed by atoms with Crippen LogP contribution >= 0.6 is 15.9 Å². The van der Waals surface area contributed by atoms with Crippen LogP contribution in [0, 0.1) is 13.8 Å². The highest BCUT2D eigenvalue weighted by atomic mass is 79.9. The van der Waals surface area contributed by atoms with E-state index in [9.17, 15) is 4.79 Å². The Balaban J connectivity index is 2.88. The third kappa shape index (κ3) is 3.73. The van der Waals surface area contributed by atoms with E-state index < -0.39 is 6.10 Å². The van der Waals surface area contributed by atoms with Crippen LogP contribution in [-0.2, 0) is 14.9 Å². The number of carbonyl (C=O) groups is 1. The van der Waals surface area contributed by atoms with Gasteiger partial charge >= 0.3 is 5.97 Å². The van der Waals surface area contributed by atoms with Gasteiger partial charge in [0.15, 0.2) is 6.10 Å². The smallest absolute Gasteiger partial charge is 0.347 e. The van der Waals surface area contributed by atoms with E-state index in [4.69, 9.17) is 9.47 Å². The molecule has 0 aliphatic rings. The summed E-state index contributed by atoms with van der Waals surface area (Å²) in [6.45, 7) is 7.81. The number of halogens is 1. The number of esters is 1. The molecule has 0 aliphatic heterocycles. The number of ether oxygens (including phenoxy) is 2. The Morgan fingerprint density at radius 2 is 1.89 bits per heavy atom. The third-order valence-electron chi connectivity index (χ3n) is 2.59. The molecule has 1 atom stereocenters. The lowest BCUT2D eigenvalue weighted by atomic mass is 10.1. The minimum atomic E-state index is -0.586. The molecule has 0 aromatic heterocycles. The zero-order valence-electron chi connectivity index (χ0n) is 11.2.